The number of hydrogen-bond donors (Lipinski definition) is 5. The molecule has 14 aromatic rings. The number of nitrogens with zero attached hydrogens (tertiary/aromatic N) is 6. The average molecular weight is 2400 g/mol. The summed E-state index contributed by atoms with van der Waals surface area (Å²) in [6.07, 6.45) is 11.5. The summed E-state index contributed by atoms with van der Waals surface area (Å²) >= 11 is 43.2. The van der Waals surface area contributed by atoms with Crippen LogP contribution in [0.5, 0.6) is 23.0 Å². The third-order valence-corrected chi connectivity index (χ3v) is 32.6. The third-order valence-electron chi connectivity index (χ3n) is 23.5. The third kappa shape index (κ3) is 29.0. The van der Waals surface area contributed by atoms with Gasteiger partial charge in [0.15, 0.2) is 52.1 Å². The van der Waals surface area contributed by atoms with Crippen LogP contribution in [-0.4, -0.2) is 53.8 Å². The second kappa shape index (κ2) is 54.4. The molecule has 0 radical (unpaired) electrons. The zero-order valence-corrected chi connectivity index (χ0v) is 95.4. The van der Waals surface area contributed by atoms with Crippen molar-refractivity contribution < 1.29 is 51.8 Å². The minimum atomic E-state index is -0.803. The number of nitriles is 5. The van der Waals surface area contributed by atoms with E-state index in [0.29, 0.717) is 55.7 Å². The molecule has 748 valence electrons. The van der Waals surface area contributed by atoms with Crippen LogP contribution >= 0.6 is 162 Å². The fraction of sp³-hybridized carbons (Fsp3) is 0.268. The number of oxime groups is 1. The minimum Gasteiger partial charge on any atom is -0.504 e. The first-order valence-electron chi connectivity index (χ1n) is 45.9. The molecule has 1 saturated heterocycles. The van der Waals surface area contributed by atoms with E-state index in [1.165, 1.54) is 77.5 Å². The number of benzene rings is 10. The molecule has 1 aliphatic rings. The quantitative estimate of drug-likeness (QED) is 0.00582. The highest BCUT2D eigenvalue weighted by molar-refractivity contribution is 14.1. The maximum atomic E-state index is 14.5. The molecule has 7 N–H and O–H groups in total. The molecule has 0 saturated carbocycles. The van der Waals surface area contributed by atoms with Crippen LogP contribution in [0.2, 0.25) is 20.1 Å². The van der Waals surface area contributed by atoms with Gasteiger partial charge in [-0.2, -0.15) is 26.3 Å². The van der Waals surface area contributed by atoms with Crippen LogP contribution < -0.4 is 26.4 Å². The summed E-state index contributed by atoms with van der Waals surface area (Å²) in [7, 11) is 2.13. The number of halogens is 12. The van der Waals surface area contributed by atoms with Gasteiger partial charge in [0.1, 0.15) is 12.1 Å². The summed E-state index contributed by atoms with van der Waals surface area (Å²) in [6, 6.07) is 54.7. The number of aromatic hydroxyl groups is 2. The van der Waals surface area contributed by atoms with Gasteiger partial charge in [0.2, 0.25) is 0 Å². The number of nitrogen functional groups attached to an aromatic ring is 1. The second-order valence-electron chi connectivity index (χ2n) is 34.6. The van der Waals surface area contributed by atoms with Gasteiger partial charge in [-0.25, -0.2) is 17.6 Å². The van der Waals surface area contributed by atoms with E-state index in [9.17, 15) is 48.8 Å². The van der Waals surface area contributed by atoms with Gasteiger partial charge in [-0.15, -0.1) is 45.3 Å². The van der Waals surface area contributed by atoms with E-state index >= 15 is 0 Å². The molecule has 15 nitrogen and oxygen atoms in total. The summed E-state index contributed by atoms with van der Waals surface area (Å²) in [6.45, 7) is 28.4. The molecule has 0 bridgehead atoms. The summed E-state index contributed by atoms with van der Waals surface area (Å²) in [4.78, 5) is 4.10. The molecule has 15 rings (SSSR count). The van der Waals surface area contributed by atoms with Crippen LogP contribution in [0.3, 0.4) is 0 Å². The summed E-state index contributed by atoms with van der Waals surface area (Å²) in [5, 5.41) is 86.7. The van der Waals surface area contributed by atoms with Crippen molar-refractivity contribution in [1.29, 1.82) is 26.3 Å². The number of rotatable bonds is 23. The number of phenolic OH excluding ortho intramolecular Hbond substituents is 2. The maximum absolute atomic E-state index is 14.5. The molecular weight excluding hydrogens is 2290 g/mol. The normalized spacial score (nSPS) is 12.0. The first-order chi connectivity index (χ1) is 68.5. The van der Waals surface area contributed by atoms with Crippen molar-refractivity contribution in [1.82, 2.24) is 0 Å². The van der Waals surface area contributed by atoms with Crippen LogP contribution in [0.4, 0.5) is 23.2 Å². The fourth-order valence-electron chi connectivity index (χ4n) is 15.8. The molecule has 0 atom stereocenters. The van der Waals surface area contributed by atoms with Crippen molar-refractivity contribution in [3.8, 4) is 128 Å². The van der Waals surface area contributed by atoms with E-state index < -0.39 is 53.1 Å². The lowest BCUT2D eigenvalue weighted by Gasteiger charge is -2.32. The lowest BCUT2D eigenvalue weighted by molar-refractivity contribution is 0.00578. The Kier molecular flexibility index (Phi) is 44.3. The van der Waals surface area contributed by atoms with E-state index in [4.69, 9.17) is 87.2 Å². The molecule has 0 spiro atoms. The molecule has 0 unspecified atom stereocenters. The minimum absolute atomic E-state index is 0.0210. The maximum Gasteiger partial charge on any atom is 0.494 e. The van der Waals surface area contributed by atoms with E-state index in [1.54, 1.807) is 52.2 Å². The van der Waals surface area contributed by atoms with Gasteiger partial charge < -0.3 is 45.7 Å². The van der Waals surface area contributed by atoms with Crippen LogP contribution in [0.25, 0.3) is 75.1 Å². The van der Waals surface area contributed by atoms with Gasteiger partial charge in [0, 0.05) is 64.3 Å². The standard InChI is InChI=1S/C22H19ClFNOS.C21H20ClFN2O2S.C21H17ClFNOS.C15H14BrNS.C13H17BClFO3.C10H9BrIN.C10H11BrN2/c1-4-5-14-8-16(12-25)20(22-13(2)6-7-27-22)17(9-14)15-10-18(23)21(26-3)19(24)11-15;1-3-4-12-7-14(13-9-16(22)19(26)17(23)10-13)18(15(8-12)21(24)25-27)20-11(2)5-6-28-20;1-3-4-13-7-15(11-24)19(21-12(2)5-6-26-21)16(8-13)14-9-17(22)20(25)18(23)10-14;1-3-4-11-7-12(9-17)14(13(16)8-11)15-10(2)5-6-18-15;1-12(2)13(3,4)19-14(18-12)8-6-9(15)11(17-5)10(16)7-8;1-2-3-7-4-8(6-13)10(12)9(11)5-7;1-2-3-7-4-8(6-12)10(13)9(11)5-7/h6-11H,4-5H2,1-3H3;5-10,26-27H,3-4H2,1-2H3,(H2,24,25);5-10,25H,3-4H2,1-2H3;5-8H,3-4H2,1-2H3;6-7H,1-5H3;4-5H,2-3H2,1H3;4-5H,2-3,13H2,1H3. The monoisotopic (exact) mass is 2390 g/mol. The number of amidine groups is 1. The first-order valence-corrected chi connectivity index (χ1v) is 54.4. The van der Waals surface area contributed by atoms with Crippen LogP contribution in [0.1, 0.15) is 197 Å². The molecule has 4 aromatic heterocycles. The Bertz CT molecular complexity index is 7080. The Morgan fingerprint density at radius 3 is 1.07 bits per heavy atom. The summed E-state index contributed by atoms with van der Waals surface area (Å²) in [5.74, 6) is -3.74. The van der Waals surface area contributed by atoms with Gasteiger partial charge >= 0.3 is 7.12 Å². The SMILES string of the molecule is CCCc1cc(/C(N)=N/O)c(-c2sccc2C)c(-c2cc(F)c(O)c(Cl)c2)c1.CCCc1cc(Br)c(-c2sccc2C)c(C#N)c1.CCCc1cc(Br)c(I)c(C#N)c1.CCCc1cc(Br)c(N)c(C#N)c1.CCCc1cc(C#N)c(-c2sccc2C)c(-c2cc(F)c(O)c(Cl)c2)c1.CCCc1cc(C#N)c(-c2sccc2C)c(-c2cc(F)c(OC)c(Cl)c2)c1.COc1c(F)cc(B2OC(C)(C)C(C)(C)O2)cc1Cl. The number of methoxy groups -OCH3 is 2. The number of thiophene rings is 4. The Hall–Kier alpha value is -10.2. The summed E-state index contributed by atoms with van der Waals surface area (Å²) in [5.41, 5.74) is 34.0. The largest absolute Gasteiger partial charge is 0.504 e. The van der Waals surface area contributed by atoms with Crippen LogP contribution in [0, 0.1) is 111 Å². The highest BCUT2D eigenvalue weighted by Gasteiger charge is 2.52. The topological polar surface area (TPSA) is 281 Å². The van der Waals surface area contributed by atoms with E-state index in [-0.39, 0.29) is 37.4 Å². The zero-order chi connectivity index (χ0) is 106. The molecule has 0 amide bonds. The smallest absolute Gasteiger partial charge is 0.494 e. The average Bonchev–Trinajstić information content (AvgIpc) is 1.72. The molecule has 10 aromatic carbocycles. The molecule has 5 heterocycles. The predicted octanol–water partition coefficient (Wildman–Crippen LogP) is 34.5. The van der Waals surface area contributed by atoms with Gasteiger partial charge in [-0.3, -0.25) is 0 Å². The lowest BCUT2D eigenvalue weighted by Crippen LogP contribution is -2.41. The predicted molar refractivity (Wildman–Crippen MR) is 606 cm³/mol. The lowest BCUT2D eigenvalue weighted by atomic mass is 9.79. The fourth-order valence-corrected chi connectivity index (χ4v) is 23.1. The van der Waals surface area contributed by atoms with Gasteiger partial charge in [0.05, 0.1) is 97.2 Å². The molecular formula is C112H107BBr3Cl4F4IN8O7S4. The van der Waals surface area contributed by atoms with Crippen molar-refractivity contribution >= 4 is 186 Å². The van der Waals surface area contributed by atoms with Crippen molar-refractivity contribution in [2.24, 2.45) is 10.9 Å². The highest BCUT2D eigenvalue weighted by atomic mass is 127. The van der Waals surface area contributed by atoms with Crippen LogP contribution in [0.15, 0.2) is 186 Å². The number of aryl methyl sites for hydroxylation is 10. The molecule has 1 aliphatic heterocycles. The Labute approximate surface area is 916 Å². The summed E-state index contributed by atoms with van der Waals surface area (Å²) < 4.78 is 82.2. The van der Waals surface area contributed by atoms with Crippen molar-refractivity contribution in [2.45, 2.75) is 185 Å². The number of hydrogen-bond acceptors (Lipinski definition) is 18. The van der Waals surface area contributed by atoms with Gasteiger partial charge in [-0.05, 0) is 392 Å². The van der Waals surface area contributed by atoms with Crippen molar-refractivity contribution in [2.75, 3.05) is 20.0 Å². The first kappa shape index (κ1) is 117. The number of phenols is 2. The number of anilines is 1. The molecule has 144 heavy (non-hydrogen) atoms. The zero-order valence-electron chi connectivity index (χ0n) is 82.2. The van der Waals surface area contributed by atoms with E-state index in [1.807, 2.05) is 143 Å². The van der Waals surface area contributed by atoms with E-state index in [2.05, 4.69) is 178 Å². The number of ether oxygens (including phenoxy) is 2. The van der Waals surface area contributed by atoms with E-state index in [0.717, 1.165) is 192 Å². The Morgan fingerprint density at radius 1 is 0.424 bits per heavy atom. The van der Waals surface area contributed by atoms with Gasteiger partial charge in [-0.1, -0.05) is 166 Å². The Morgan fingerprint density at radius 2 is 0.729 bits per heavy atom. The van der Waals surface area contributed by atoms with Crippen LogP contribution in [-0.2, 0) is 47.8 Å². The molecule has 0 aliphatic carbocycles. The Balaban J connectivity index is 0.000000190. The molecule has 1 fully saturated rings. The van der Waals surface area contributed by atoms with Gasteiger partial charge in [0.25, 0.3) is 0 Å². The molecule has 32 heteroatoms. The van der Waals surface area contributed by atoms with Crippen molar-refractivity contribution in [3.05, 3.63) is 316 Å². The second-order valence-corrected chi connectivity index (χ2v) is 43.5. The van der Waals surface area contributed by atoms with Crippen molar-refractivity contribution in [3.63, 3.8) is 0 Å². The highest BCUT2D eigenvalue weighted by Crippen LogP contribution is 2.49. The number of nitrogens with two attached hydrogens (primary N) is 2.